The zero-order valence-corrected chi connectivity index (χ0v) is 22.0. The lowest BCUT2D eigenvalue weighted by Crippen LogP contribution is -2.53. The summed E-state index contributed by atoms with van der Waals surface area (Å²) in [7, 11) is 0. The number of hydrogen-bond acceptors (Lipinski definition) is 8. The quantitative estimate of drug-likeness (QED) is 0.467. The third-order valence-corrected chi connectivity index (χ3v) is 7.45. The smallest absolute Gasteiger partial charge is 0.301 e. The number of piperazine rings is 1. The topological polar surface area (TPSA) is 104 Å². The molecular weight excluding hydrogens is 513 g/mol. The number of aliphatic hydroxyl groups excluding tert-OH is 1. The van der Waals surface area contributed by atoms with E-state index in [1.807, 2.05) is 11.0 Å². The number of amides is 1. The summed E-state index contributed by atoms with van der Waals surface area (Å²) in [5.74, 6) is -4.41. The highest BCUT2D eigenvalue weighted by atomic mass is 19.3. The monoisotopic (exact) mass is 544 g/mol. The Bertz CT molecular complexity index is 1380. The number of fused-ring (bicyclic) bond motifs is 1. The number of carbonyl (C=O) groups excluding carboxylic acids is 1. The van der Waals surface area contributed by atoms with Crippen LogP contribution in [0.3, 0.4) is 0 Å². The molecule has 5 rings (SSSR count). The van der Waals surface area contributed by atoms with Gasteiger partial charge in [-0.05, 0) is 32.9 Å². The van der Waals surface area contributed by atoms with E-state index in [1.54, 1.807) is 20.0 Å². The van der Waals surface area contributed by atoms with Gasteiger partial charge in [-0.3, -0.25) is 9.78 Å². The van der Waals surface area contributed by atoms with Gasteiger partial charge in [0.2, 0.25) is 5.91 Å². The van der Waals surface area contributed by atoms with Crippen LogP contribution in [0.1, 0.15) is 36.7 Å². The Balaban J connectivity index is 1.38. The molecule has 2 N–H and O–H groups in total. The lowest BCUT2D eigenvalue weighted by Gasteiger charge is -2.39. The Kier molecular flexibility index (Phi) is 7.34. The average Bonchev–Trinajstić information content (AvgIpc) is 2.89. The van der Waals surface area contributed by atoms with Crippen LogP contribution in [0.2, 0.25) is 0 Å². The van der Waals surface area contributed by atoms with E-state index in [0.29, 0.717) is 61.8 Å². The predicted molar refractivity (Wildman–Crippen MR) is 139 cm³/mol. The van der Waals surface area contributed by atoms with E-state index in [-0.39, 0.29) is 17.4 Å². The molecule has 2 aliphatic heterocycles. The summed E-state index contributed by atoms with van der Waals surface area (Å²) in [5, 5.41) is 21.7. The number of hydrogen-bond donors (Lipinski definition) is 2. The standard InChI is InChI=1S/C27H31F3N6O3/c1-15(20-5-4-6-22(23(20)28)27(29,30)17(3)37)32-25-21-11-19(12-31-24(21)16(2)33-34-25)35-7-9-36(10-8-35)26(38)18-13-39-14-18/h4-6,11-12,15,17-18,37H,7-10,13-14H2,1-3H3,(H,32,34)/t15-,17?/m1/s1. The summed E-state index contributed by atoms with van der Waals surface area (Å²) < 4.78 is 49.2. The van der Waals surface area contributed by atoms with Crippen LogP contribution in [0, 0.1) is 18.7 Å². The number of ether oxygens (including phenoxy) is 1. The summed E-state index contributed by atoms with van der Waals surface area (Å²) in [6.45, 7) is 7.77. The Morgan fingerprint density at radius 2 is 1.90 bits per heavy atom. The number of nitrogens with one attached hydrogen (secondary N) is 1. The largest absolute Gasteiger partial charge is 0.387 e. The second-order valence-electron chi connectivity index (χ2n) is 10.1. The highest BCUT2D eigenvalue weighted by Gasteiger charge is 2.41. The van der Waals surface area contributed by atoms with Gasteiger partial charge in [0, 0.05) is 37.1 Å². The molecule has 12 heteroatoms. The van der Waals surface area contributed by atoms with Crippen molar-refractivity contribution >= 4 is 28.3 Å². The maximum absolute atomic E-state index is 15.2. The van der Waals surface area contributed by atoms with E-state index >= 15 is 4.39 Å². The van der Waals surface area contributed by atoms with Crippen molar-refractivity contribution in [3.05, 3.63) is 53.1 Å². The van der Waals surface area contributed by atoms with Crippen LogP contribution in [0.15, 0.2) is 30.5 Å². The van der Waals surface area contributed by atoms with Gasteiger partial charge in [-0.15, -0.1) is 5.10 Å². The van der Waals surface area contributed by atoms with Crippen LogP contribution in [0.5, 0.6) is 0 Å². The maximum Gasteiger partial charge on any atom is 0.301 e. The van der Waals surface area contributed by atoms with Crippen molar-refractivity contribution in [2.24, 2.45) is 5.92 Å². The fourth-order valence-electron chi connectivity index (χ4n) is 4.90. The number of aliphatic hydroxyl groups is 1. The Morgan fingerprint density at radius 3 is 2.54 bits per heavy atom. The van der Waals surface area contributed by atoms with Gasteiger partial charge < -0.3 is 25.0 Å². The molecule has 2 saturated heterocycles. The first kappa shape index (κ1) is 27.1. The molecule has 208 valence electrons. The number of alkyl halides is 2. The molecule has 0 radical (unpaired) electrons. The van der Waals surface area contributed by atoms with Crippen molar-refractivity contribution in [1.29, 1.82) is 0 Å². The first-order chi connectivity index (χ1) is 18.6. The van der Waals surface area contributed by atoms with E-state index in [9.17, 15) is 18.7 Å². The van der Waals surface area contributed by atoms with Crippen molar-refractivity contribution in [1.82, 2.24) is 20.1 Å². The minimum atomic E-state index is -3.74. The van der Waals surface area contributed by atoms with Gasteiger partial charge in [0.15, 0.2) is 5.82 Å². The maximum atomic E-state index is 15.2. The van der Waals surface area contributed by atoms with Gasteiger partial charge in [-0.1, -0.05) is 12.1 Å². The van der Waals surface area contributed by atoms with E-state index in [0.717, 1.165) is 18.7 Å². The molecule has 0 spiro atoms. The molecule has 2 atom stereocenters. The SMILES string of the molecule is Cc1nnc(N[C@H](C)c2cccc(C(F)(F)C(C)O)c2F)c2cc(N3CCN(C(=O)C4COC4)CC3)cnc12. The second kappa shape index (κ2) is 10.6. The summed E-state index contributed by atoms with van der Waals surface area (Å²) >= 11 is 0. The first-order valence-electron chi connectivity index (χ1n) is 12.9. The van der Waals surface area contributed by atoms with Crippen LogP contribution in [-0.4, -0.2) is 76.6 Å². The highest BCUT2D eigenvalue weighted by molar-refractivity contribution is 5.92. The Hall–Kier alpha value is -3.51. The van der Waals surface area contributed by atoms with Crippen LogP contribution >= 0.6 is 0 Å². The van der Waals surface area contributed by atoms with Crippen LogP contribution < -0.4 is 10.2 Å². The minimum absolute atomic E-state index is 0.00474. The van der Waals surface area contributed by atoms with Crippen molar-refractivity contribution in [2.45, 2.75) is 38.8 Å². The Labute approximate surface area is 224 Å². The van der Waals surface area contributed by atoms with Crippen molar-refractivity contribution in [3.63, 3.8) is 0 Å². The van der Waals surface area contributed by atoms with Gasteiger partial charge >= 0.3 is 5.92 Å². The summed E-state index contributed by atoms with van der Waals surface area (Å²) in [6, 6.07) is 4.90. The molecule has 2 fully saturated rings. The van der Waals surface area contributed by atoms with Crippen LogP contribution in [0.4, 0.5) is 24.7 Å². The molecule has 9 nitrogen and oxygen atoms in total. The number of carbonyl (C=O) groups is 1. The zero-order valence-electron chi connectivity index (χ0n) is 22.0. The molecule has 1 aromatic carbocycles. The number of anilines is 2. The predicted octanol–water partition coefficient (Wildman–Crippen LogP) is 3.41. The van der Waals surface area contributed by atoms with E-state index in [4.69, 9.17) is 4.74 Å². The fourth-order valence-corrected chi connectivity index (χ4v) is 4.90. The number of rotatable bonds is 7. The molecule has 3 aromatic rings. The van der Waals surface area contributed by atoms with Crippen molar-refractivity contribution in [3.8, 4) is 0 Å². The number of nitrogens with zero attached hydrogens (tertiary/aromatic N) is 5. The first-order valence-corrected chi connectivity index (χ1v) is 12.9. The normalized spacial score (nSPS) is 18.1. The van der Waals surface area contributed by atoms with Gasteiger partial charge in [0.1, 0.15) is 11.9 Å². The van der Waals surface area contributed by atoms with Gasteiger partial charge in [0.05, 0.1) is 53.8 Å². The molecule has 0 bridgehead atoms. The Morgan fingerprint density at radius 1 is 1.18 bits per heavy atom. The number of pyridine rings is 1. The molecule has 4 heterocycles. The number of aromatic nitrogens is 3. The van der Waals surface area contributed by atoms with Crippen LogP contribution in [-0.2, 0) is 15.5 Å². The number of benzene rings is 1. The zero-order chi connectivity index (χ0) is 27.9. The van der Waals surface area contributed by atoms with Crippen molar-refractivity contribution < 1.29 is 27.8 Å². The van der Waals surface area contributed by atoms with E-state index < -0.39 is 29.4 Å². The average molecular weight is 545 g/mol. The van der Waals surface area contributed by atoms with E-state index in [2.05, 4.69) is 25.4 Å². The summed E-state index contributed by atoms with van der Waals surface area (Å²) in [5.41, 5.74) is 1.20. The van der Waals surface area contributed by atoms with Crippen LogP contribution in [0.25, 0.3) is 10.9 Å². The summed E-state index contributed by atoms with van der Waals surface area (Å²) in [6.07, 6.45) is -0.294. The van der Waals surface area contributed by atoms with Gasteiger partial charge in [0.25, 0.3) is 0 Å². The highest BCUT2D eigenvalue weighted by Crippen LogP contribution is 2.37. The molecule has 2 aromatic heterocycles. The molecule has 39 heavy (non-hydrogen) atoms. The van der Waals surface area contributed by atoms with Gasteiger partial charge in [-0.25, -0.2) is 4.39 Å². The third-order valence-electron chi connectivity index (χ3n) is 7.45. The second-order valence-corrected chi connectivity index (χ2v) is 10.1. The molecule has 2 aliphatic rings. The third kappa shape index (κ3) is 5.10. The van der Waals surface area contributed by atoms with Crippen molar-refractivity contribution in [2.75, 3.05) is 49.6 Å². The molecule has 1 amide bonds. The number of aryl methyl sites for hydroxylation is 1. The lowest BCUT2D eigenvalue weighted by atomic mass is 9.97. The van der Waals surface area contributed by atoms with E-state index in [1.165, 1.54) is 12.1 Å². The molecule has 0 saturated carbocycles. The molecule has 1 unspecified atom stereocenters. The molecule has 0 aliphatic carbocycles. The number of halogens is 3. The lowest BCUT2D eigenvalue weighted by molar-refractivity contribution is -0.150. The fraction of sp³-hybridized carbons (Fsp3) is 0.481. The van der Waals surface area contributed by atoms with Gasteiger partial charge in [-0.2, -0.15) is 13.9 Å². The molecular formula is C27H31F3N6O3. The summed E-state index contributed by atoms with van der Waals surface area (Å²) in [4.78, 5) is 21.2. The minimum Gasteiger partial charge on any atom is -0.387 e.